The summed E-state index contributed by atoms with van der Waals surface area (Å²) < 4.78 is 10.5. The molecule has 0 fully saturated rings. The summed E-state index contributed by atoms with van der Waals surface area (Å²) in [4.78, 5) is 23.4. The maximum Gasteiger partial charge on any atom is 0.306 e. The number of esters is 2. The van der Waals surface area contributed by atoms with Crippen molar-refractivity contribution in [3.05, 3.63) is 0 Å². The zero-order valence-electron chi connectivity index (χ0n) is 17.5. The van der Waals surface area contributed by atoms with E-state index in [9.17, 15) is 9.59 Å². The number of rotatable bonds is 18. The molecule has 0 aliphatic heterocycles. The number of unbranched alkanes of at least 4 members (excludes halogenated alkanes) is 10. The van der Waals surface area contributed by atoms with E-state index in [-0.39, 0.29) is 30.9 Å². The van der Waals surface area contributed by atoms with E-state index >= 15 is 0 Å². The summed E-state index contributed by atoms with van der Waals surface area (Å²) in [5.74, 6) is -0.586. The van der Waals surface area contributed by atoms with E-state index in [1.54, 1.807) is 0 Å². The number of hydrogen-bond acceptors (Lipinski definition) is 4. The van der Waals surface area contributed by atoms with Gasteiger partial charge in [-0.25, -0.2) is 0 Å². The molecule has 26 heavy (non-hydrogen) atoms. The van der Waals surface area contributed by atoms with Crippen LogP contribution in [0.15, 0.2) is 0 Å². The quantitative estimate of drug-likeness (QED) is 0.208. The molecule has 4 heteroatoms. The highest BCUT2D eigenvalue weighted by Gasteiger charge is 2.12. The zero-order valence-corrected chi connectivity index (χ0v) is 17.5. The maximum atomic E-state index is 11.7. The first-order valence-electron chi connectivity index (χ1n) is 10.9. The van der Waals surface area contributed by atoms with Crippen LogP contribution < -0.4 is 0 Å². The second-order valence-electron chi connectivity index (χ2n) is 7.35. The molecule has 1 unspecified atom stereocenters. The van der Waals surface area contributed by atoms with Gasteiger partial charge in [-0.05, 0) is 26.2 Å². The van der Waals surface area contributed by atoms with E-state index in [2.05, 4.69) is 13.8 Å². The average molecular weight is 371 g/mol. The van der Waals surface area contributed by atoms with Crippen molar-refractivity contribution < 1.29 is 19.1 Å². The molecule has 0 bridgehead atoms. The molecule has 0 aliphatic carbocycles. The summed E-state index contributed by atoms with van der Waals surface area (Å²) in [6, 6.07) is 0. The Morgan fingerprint density at radius 1 is 0.692 bits per heavy atom. The van der Waals surface area contributed by atoms with Gasteiger partial charge in [0.25, 0.3) is 0 Å². The van der Waals surface area contributed by atoms with Crippen LogP contribution in [0, 0.1) is 0 Å². The summed E-state index contributed by atoms with van der Waals surface area (Å²) in [7, 11) is 0. The standard InChI is InChI=1S/C22H42O4/c1-4-6-8-10-11-12-13-15-19-25-21(23)17-18-22(24)26-20(3)16-14-9-7-5-2/h20H,4-19H2,1-3H3. The SMILES string of the molecule is CCCCCCCCCCOC(=O)CCC(=O)OC(C)CCCCCC. The minimum atomic E-state index is -0.294. The number of carbonyl (C=O) groups excluding carboxylic acids is 2. The van der Waals surface area contributed by atoms with Gasteiger partial charge in [0, 0.05) is 0 Å². The molecule has 0 spiro atoms. The molecule has 0 aromatic rings. The molecular formula is C22H42O4. The van der Waals surface area contributed by atoms with E-state index in [1.165, 1.54) is 57.8 Å². The molecular weight excluding hydrogens is 328 g/mol. The van der Waals surface area contributed by atoms with Gasteiger partial charge in [-0.1, -0.05) is 78.1 Å². The van der Waals surface area contributed by atoms with E-state index < -0.39 is 0 Å². The van der Waals surface area contributed by atoms with Crippen molar-refractivity contribution in [2.75, 3.05) is 6.61 Å². The summed E-state index contributed by atoms with van der Waals surface area (Å²) in [5.41, 5.74) is 0. The monoisotopic (exact) mass is 370 g/mol. The molecule has 0 saturated carbocycles. The molecule has 154 valence electrons. The fourth-order valence-electron chi connectivity index (χ4n) is 2.90. The van der Waals surface area contributed by atoms with Gasteiger partial charge >= 0.3 is 11.9 Å². The highest BCUT2D eigenvalue weighted by Crippen LogP contribution is 2.10. The molecule has 0 aromatic carbocycles. The van der Waals surface area contributed by atoms with Crippen molar-refractivity contribution in [2.24, 2.45) is 0 Å². The lowest BCUT2D eigenvalue weighted by atomic mass is 10.1. The van der Waals surface area contributed by atoms with Crippen molar-refractivity contribution in [3.8, 4) is 0 Å². The Hall–Kier alpha value is -1.06. The second-order valence-corrected chi connectivity index (χ2v) is 7.35. The molecule has 0 N–H and O–H groups in total. The Morgan fingerprint density at radius 3 is 1.81 bits per heavy atom. The van der Waals surface area contributed by atoms with Gasteiger partial charge in [0.2, 0.25) is 0 Å². The van der Waals surface area contributed by atoms with Crippen molar-refractivity contribution in [2.45, 2.75) is 123 Å². The second kappa shape index (κ2) is 18.7. The summed E-state index contributed by atoms with van der Waals surface area (Å²) in [6.45, 7) is 6.79. The van der Waals surface area contributed by atoms with Crippen LogP contribution in [0.1, 0.15) is 117 Å². The fourth-order valence-corrected chi connectivity index (χ4v) is 2.90. The van der Waals surface area contributed by atoms with Gasteiger partial charge in [-0.3, -0.25) is 9.59 Å². The smallest absolute Gasteiger partial charge is 0.306 e. The molecule has 0 aromatic heterocycles. The Balaban J connectivity index is 3.47. The van der Waals surface area contributed by atoms with E-state index in [0.717, 1.165) is 25.7 Å². The minimum Gasteiger partial charge on any atom is -0.466 e. The predicted molar refractivity (Wildman–Crippen MR) is 107 cm³/mol. The summed E-state index contributed by atoms with van der Waals surface area (Å²) in [5, 5.41) is 0. The van der Waals surface area contributed by atoms with Crippen LogP contribution in [0.3, 0.4) is 0 Å². The van der Waals surface area contributed by atoms with E-state index in [4.69, 9.17) is 9.47 Å². The first-order valence-corrected chi connectivity index (χ1v) is 10.9. The molecule has 0 rings (SSSR count). The molecule has 0 aliphatic rings. The predicted octanol–water partition coefficient (Wildman–Crippen LogP) is 6.35. The number of hydrogen-bond donors (Lipinski definition) is 0. The number of ether oxygens (including phenoxy) is 2. The Kier molecular flexibility index (Phi) is 18.0. The van der Waals surface area contributed by atoms with Gasteiger partial charge in [-0.2, -0.15) is 0 Å². The van der Waals surface area contributed by atoms with E-state index in [1.807, 2.05) is 6.92 Å². The van der Waals surface area contributed by atoms with Crippen LogP contribution in [0.5, 0.6) is 0 Å². The van der Waals surface area contributed by atoms with Crippen LogP contribution in [-0.4, -0.2) is 24.6 Å². The minimum absolute atomic E-state index is 0.0623. The molecule has 0 saturated heterocycles. The molecule has 1 atom stereocenters. The first-order chi connectivity index (χ1) is 12.6. The third-order valence-corrected chi connectivity index (χ3v) is 4.59. The zero-order chi connectivity index (χ0) is 19.5. The summed E-state index contributed by atoms with van der Waals surface area (Å²) in [6.07, 6.45) is 15.5. The third-order valence-electron chi connectivity index (χ3n) is 4.59. The fraction of sp³-hybridized carbons (Fsp3) is 0.909. The van der Waals surface area contributed by atoms with E-state index in [0.29, 0.717) is 6.61 Å². The van der Waals surface area contributed by atoms with Gasteiger partial charge < -0.3 is 9.47 Å². The molecule has 0 amide bonds. The van der Waals surface area contributed by atoms with Crippen molar-refractivity contribution >= 4 is 11.9 Å². The lowest BCUT2D eigenvalue weighted by Crippen LogP contribution is -2.16. The maximum absolute atomic E-state index is 11.7. The van der Waals surface area contributed by atoms with Crippen LogP contribution >= 0.6 is 0 Å². The van der Waals surface area contributed by atoms with Crippen molar-refractivity contribution in [1.82, 2.24) is 0 Å². The highest BCUT2D eigenvalue weighted by atomic mass is 16.5. The Morgan fingerprint density at radius 2 is 1.19 bits per heavy atom. The van der Waals surface area contributed by atoms with Crippen molar-refractivity contribution in [1.29, 1.82) is 0 Å². The topological polar surface area (TPSA) is 52.6 Å². The highest BCUT2D eigenvalue weighted by molar-refractivity contribution is 5.77. The largest absolute Gasteiger partial charge is 0.466 e. The first kappa shape index (κ1) is 24.9. The molecule has 4 nitrogen and oxygen atoms in total. The van der Waals surface area contributed by atoms with Gasteiger partial charge in [0.1, 0.15) is 0 Å². The van der Waals surface area contributed by atoms with Crippen molar-refractivity contribution in [3.63, 3.8) is 0 Å². The van der Waals surface area contributed by atoms with Gasteiger partial charge in [-0.15, -0.1) is 0 Å². The third kappa shape index (κ3) is 17.8. The van der Waals surface area contributed by atoms with Crippen LogP contribution in [0.4, 0.5) is 0 Å². The molecule has 0 radical (unpaired) electrons. The van der Waals surface area contributed by atoms with Gasteiger partial charge in [0.15, 0.2) is 0 Å². The lowest BCUT2D eigenvalue weighted by molar-refractivity contribution is -0.153. The van der Waals surface area contributed by atoms with Crippen LogP contribution in [-0.2, 0) is 19.1 Å². The lowest BCUT2D eigenvalue weighted by Gasteiger charge is -2.13. The molecule has 0 heterocycles. The Bertz CT molecular complexity index is 341. The average Bonchev–Trinajstić information content (AvgIpc) is 2.62. The van der Waals surface area contributed by atoms with Crippen LogP contribution in [0.25, 0.3) is 0 Å². The summed E-state index contributed by atoms with van der Waals surface area (Å²) >= 11 is 0. The van der Waals surface area contributed by atoms with Gasteiger partial charge in [0.05, 0.1) is 25.6 Å². The Labute approximate surface area is 161 Å². The number of carbonyl (C=O) groups is 2. The normalized spacial score (nSPS) is 12.0. The van der Waals surface area contributed by atoms with Crippen LogP contribution in [0.2, 0.25) is 0 Å².